The summed E-state index contributed by atoms with van der Waals surface area (Å²) >= 11 is 0. The summed E-state index contributed by atoms with van der Waals surface area (Å²) in [6, 6.07) is 14.2. The molecule has 1 N–H and O–H groups in total. The van der Waals surface area contributed by atoms with Crippen LogP contribution >= 0.6 is 0 Å². The molecule has 1 aromatic carbocycles. The Bertz CT molecular complexity index is 1350. The minimum absolute atomic E-state index is 0.0278. The Hall–Kier alpha value is -3.74. The number of carbonyl (C=O) groups is 1. The molecule has 7 heteroatoms. The van der Waals surface area contributed by atoms with E-state index < -0.39 is 11.9 Å². The zero-order chi connectivity index (χ0) is 18.5. The van der Waals surface area contributed by atoms with Crippen molar-refractivity contribution in [1.29, 1.82) is 0 Å². The van der Waals surface area contributed by atoms with E-state index in [1.54, 1.807) is 36.5 Å². The average molecular weight is 359 g/mol. The van der Waals surface area contributed by atoms with E-state index in [-0.39, 0.29) is 29.0 Å². The van der Waals surface area contributed by atoms with Gasteiger partial charge in [-0.25, -0.2) is 0 Å². The summed E-state index contributed by atoms with van der Waals surface area (Å²) in [7, 11) is 0. The van der Waals surface area contributed by atoms with E-state index in [0.717, 1.165) is 5.39 Å². The normalized spacial score (nSPS) is 16.3. The van der Waals surface area contributed by atoms with E-state index in [2.05, 4.69) is 9.97 Å². The van der Waals surface area contributed by atoms with Crippen molar-refractivity contribution in [2.45, 2.75) is 12.3 Å². The zero-order valence-electron chi connectivity index (χ0n) is 14.0. The Balaban J connectivity index is 1.82. The number of aromatic nitrogens is 3. The highest BCUT2D eigenvalue weighted by Gasteiger charge is 2.34. The maximum Gasteiger partial charge on any atom is 0.313 e. The van der Waals surface area contributed by atoms with Gasteiger partial charge in [-0.05, 0) is 29.7 Å². The van der Waals surface area contributed by atoms with Gasteiger partial charge in [-0.15, -0.1) is 0 Å². The topological polar surface area (TPSA) is 93.5 Å². The van der Waals surface area contributed by atoms with Crippen LogP contribution in [0.5, 0.6) is 5.88 Å². The number of para-hydroxylation sites is 1. The molecule has 0 aliphatic carbocycles. The third-order valence-electron chi connectivity index (χ3n) is 4.82. The van der Waals surface area contributed by atoms with Crippen LogP contribution in [-0.2, 0) is 4.79 Å². The largest absolute Gasteiger partial charge is 0.407 e. The molecule has 0 saturated heterocycles. The summed E-state index contributed by atoms with van der Waals surface area (Å²) in [5.74, 6) is -1.26. The first-order valence-electron chi connectivity index (χ1n) is 8.46. The Morgan fingerprint density at radius 3 is 2.78 bits per heavy atom. The van der Waals surface area contributed by atoms with Gasteiger partial charge in [-0.1, -0.05) is 24.3 Å². The van der Waals surface area contributed by atoms with E-state index in [0.29, 0.717) is 16.7 Å². The third-order valence-corrected chi connectivity index (χ3v) is 4.82. The Morgan fingerprint density at radius 2 is 1.89 bits per heavy atom. The molecule has 0 bridgehead atoms. The van der Waals surface area contributed by atoms with Crippen LogP contribution in [0.15, 0.2) is 64.3 Å². The van der Waals surface area contributed by atoms with Crippen molar-refractivity contribution in [3.63, 3.8) is 0 Å². The van der Waals surface area contributed by atoms with Crippen molar-refractivity contribution in [2.24, 2.45) is 0 Å². The number of pyridine rings is 2. The van der Waals surface area contributed by atoms with Crippen LogP contribution in [0.1, 0.15) is 23.5 Å². The molecule has 5 rings (SSSR count). The number of hydrogen-bond acceptors (Lipinski definition) is 5. The monoisotopic (exact) mass is 359 g/mol. The second-order valence-corrected chi connectivity index (χ2v) is 6.44. The summed E-state index contributed by atoms with van der Waals surface area (Å²) in [5, 5.41) is 0.821. The van der Waals surface area contributed by atoms with Gasteiger partial charge >= 0.3 is 5.97 Å². The molecule has 4 aromatic rings. The number of H-pyrrole nitrogens is 1. The van der Waals surface area contributed by atoms with Crippen molar-refractivity contribution in [3.8, 4) is 5.88 Å². The number of aromatic amines is 1. The van der Waals surface area contributed by atoms with Crippen molar-refractivity contribution in [3.05, 3.63) is 86.6 Å². The molecule has 3 aromatic heterocycles. The lowest BCUT2D eigenvalue weighted by atomic mass is 9.88. The second kappa shape index (κ2) is 5.63. The van der Waals surface area contributed by atoms with Gasteiger partial charge in [0.2, 0.25) is 5.88 Å². The highest BCUT2D eigenvalue weighted by atomic mass is 16.5. The lowest BCUT2D eigenvalue weighted by molar-refractivity contribution is -0.135. The molecule has 0 unspecified atom stereocenters. The van der Waals surface area contributed by atoms with E-state index in [4.69, 9.17) is 4.74 Å². The summed E-state index contributed by atoms with van der Waals surface area (Å²) < 4.78 is 6.61. The van der Waals surface area contributed by atoms with Gasteiger partial charge in [0.25, 0.3) is 11.1 Å². The number of benzene rings is 1. The van der Waals surface area contributed by atoms with Crippen LogP contribution in [0.3, 0.4) is 0 Å². The molecule has 0 saturated carbocycles. The fraction of sp³-hybridized carbons (Fsp3) is 0.100. The highest BCUT2D eigenvalue weighted by molar-refractivity contribution is 5.81. The maximum atomic E-state index is 13.1. The molecular weight excluding hydrogens is 346 g/mol. The summed E-state index contributed by atoms with van der Waals surface area (Å²) in [5.41, 5.74) is 0.957. The van der Waals surface area contributed by atoms with Crippen LogP contribution < -0.4 is 15.9 Å². The van der Waals surface area contributed by atoms with E-state index >= 15 is 0 Å². The first-order chi connectivity index (χ1) is 13.1. The van der Waals surface area contributed by atoms with Crippen molar-refractivity contribution in [2.75, 3.05) is 0 Å². The third kappa shape index (κ3) is 2.36. The summed E-state index contributed by atoms with van der Waals surface area (Å²) in [6.07, 6.45) is 1.51. The van der Waals surface area contributed by atoms with Crippen LogP contribution in [0.4, 0.5) is 0 Å². The lowest BCUT2D eigenvalue weighted by Gasteiger charge is -2.23. The molecule has 0 spiro atoms. The quantitative estimate of drug-likeness (QED) is 0.525. The number of hydrogen-bond donors (Lipinski definition) is 1. The number of nitrogens with zero attached hydrogens (tertiary/aromatic N) is 2. The second-order valence-electron chi connectivity index (χ2n) is 6.44. The van der Waals surface area contributed by atoms with E-state index in [9.17, 15) is 14.4 Å². The Morgan fingerprint density at radius 1 is 1.07 bits per heavy atom. The Kier molecular flexibility index (Phi) is 3.24. The first kappa shape index (κ1) is 15.5. The van der Waals surface area contributed by atoms with Gasteiger partial charge in [0.1, 0.15) is 5.65 Å². The number of nitrogens with one attached hydrogen (secondary N) is 1. The fourth-order valence-corrected chi connectivity index (χ4v) is 3.57. The lowest BCUT2D eigenvalue weighted by Crippen LogP contribution is -2.33. The predicted molar refractivity (Wildman–Crippen MR) is 98.1 cm³/mol. The SMILES string of the molecule is O=C1C[C@H](c2cc3ccccc3[nH]c2=O)c2c(nc3ccccn3c2=O)O1. The summed E-state index contributed by atoms with van der Waals surface area (Å²) in [6.45, 7) is 0. The fourth-order valence-electron chi connectivity index (χ4n) is 3.57. The molecule has 27 heavy (non-hydrogen) atoms. The molecule has 0 radical (unpaired) electrons. The van der Waals surface area contributed by atoms with Crippen molar-refractivity contribution < 1.29 is 9.53 Å². The molecule has 4 heterocycles. The molecule has 7 nitrogen and oxygen atoms in total. The minimum atomic E-state index is -0.716. The van der Waals surface area contributed by atoms with Gasteiger partial charge in [-0.2, -0.15) is 4.98 Å². The number of esters is 1. The van der Waals surface area contributed by atoms with Gasteiger partial charge < -0.3 is 9.72 Å². The van der Waals surface area contributed by atoms with Gasteiger partial charge in [0.05, 0.1) is 12.0 Å². The van der Waals surface area contributed by atoms with Crippen LogP contribution in [0.25, 0.3) is 16.6 Å². The van der Waals surface area contributed by atoms with Crippen LogP contribution in [-0.4, -0.2) is 20.3 Å². The average Bonchev–Trinajstić information content (AvgIpc) is 2.67. The number of ether oxygens (including phenoxy) is 1. The number of carbonyl (C=O) groups excluding carboxylic acids is 1. The van der Waals surface area contributed by atoms with Gasteiger partial charge in [-0.3, -0.25) is 18.8 Å². The van der Waals surface area contributed by atoms with E-state index in [1.165, 1.54) is 4.40 Å². The van der Waals surface area contributed by atoms with Crippen molar-refractivity contribution >= 4 is 22.5 Å². The molecular formula is C20H13N3O4. The van der Waals surface area contributed by atoms with Gasteiger partial charge in [0, 0.05) is 23.2 Å². The Labute approximate surface area is 151 Å². The maximum absolute atomic E-state index is 13.1. The molecule has 0 amide bonds. The van der Waals surface area contributed by atoms with Crippen molar-refractivity contribution in [1.82, 2.24) is 14.4 Å². The van der Waals surface area contributed by atoms with Crippen LogP contribution in [0, 0.1) is 0 Å². The molecule has 1 aliphatic rings. The minimum Gasteiger partial charge on any atom is -0.407 e. The summed E-state index contributed by atoms with van der Waals surface area (Å²) in [4.78, 5) is 45.0. The number of rotatable bonds is 1. The first-order valence-corrected chi connectivity index (χ1v) is 8.46. The highest BCUT2D eigenvalue weighted by Crippen LogP contribution is 2.34. The van der Waals surface area contributed by atoms with E-state index in [1.807, 2.05) is 18.2 Å². The smallest absolute Gasteiger partial charge is 0.313 e. The van der Waals surface area contributed by atoms with Gasteiger partial charge in [0.15, 0.2) is 0 Å². The molecule has 1 atom stereocenters. The zero-order valence-corrected chi connectivity index (χ0v) is 14.0. The molecule has 132 valence electrons. The molecule has 1 aliphatic heterocycles. The predicted octanol–water partition coefficient (Wildman–Crippen LogP) is 1.98. The van der Waals surface area contributed by atoms with Crippen LogP contribution in [0.2, 0.25) is 0 Å². The standard InChI is InChI=1S/C20H13N3O4/c24-16-10-12(13-9-11-5-1-2-6-14(11)21-18(13)25)17-19(27-16)22-15-7-3-4-8-23(15)20(17)26/h1-9,12H,10H2,(H,21,25)/t12-/m1/s1. The molecule has 0 fully saturated rings. The number of fused-ring (bicyclic) bond motifs is 3.